The average Bonchev–Trinajstić information content (AvgIpc) is 3.13. The molecule has 1 unspecified atom stereocenters. The van der Waals surface area contributed by atoms with Gasteiger partial charge in [-0.2, -0.15) is 13.2 Å². The van der Waals surface area contributed by atoms with E-state index in [0.29, 0.717) is 0 Å². The summed E-state index contributed by atoms with van der Waals surface area (Å²) in [7, 11) is 0. The molecule has 1 atom stereocenters. The first-order valence-corrected chi connectivity index (χ1v) is 7.35. The summed E-state index contributed by atoms with van der Waals surface area (Å²) in [5.41, 5.74) is -0.789. The van der Waals surface area contributed by atoms with Crippen LogP contribution in [-0.2, 0) is 17.5 Å². The van der Waals surface area contributed by atoms with Crippen LogP contribution in [0.1, 0.15) is 24.2 Å². The molecular weight excluding hydrogens is 370 g/mol. The van der Waals surface area contributed by atoms with Crippen LogP contribution in [0.15, 0.2) is 12.3 Å². The molecule has 2 aromatic rings. The second-order valence-corrected chi connectivity index (χ2v) is 5.66. The third-order valence-corrected chi connectivity index (χ3v) is 3.93. The fourth-order valence-corrected chi connectivity index (χ4v) is 2.72. The molecule has 0 spiro atoms. The molecule has 132 valence electrons. The number of amides is 1. The van der Waals surface area contributed by atoms with E-state index < -0.39 is 11.7 Å². The van der Waals surface area contributed by atoms with E-state index in [2.05, 4.69) is 20.8 Å². The van der Waals surface area contributed by atoms with E-state index in [4.69, 9.17) is 11.6 Å². The minimum absolute atomic E-state index is 0. The Morgan fingerprint density at radius 2 is 2.21 bits per heavy atom. The Balaban J connectivity index is 0.00000208. The molecule has 3 heterocycles. The number of hydrogen-bond donors (Lipinski definition) is 2. The molecule has 2 N–H and O–H groups in total. The average molecular weight is 384 g/mol. The molecule has 0 aromatic carbocycles. The van der Waals surface area contributed by atoms with Crippen molar-refractivity contribution in [3.05, 3.63) is 28.7 Å². The summed E-state index contributed by atoms with van der Waals surface area (Å²) in [6, 6.07) is 0.527. The number of aromatic nitrogens is 3. The Bertz CT molecular complexity index is 743. The van der Waals surface area contributed by atoms with Crippen molar-refractivity contribution in [2.45, 2.75) is 31.6 Å². The smallest absolute Gasteiger partial charge is 0.347 e. The highest BCUT2D eigenvalue weighted by Gasteiger charge is 2.32. The number of pyridine rings is 1. The van der Waals surface area contributed by atoms with Gasteiger partial charge in [0.1, 0.15) is 0 Å². The summed E-state index contributed by atoms with van der Waals surface area (Å²) < 4.78 is 39.7. The molecule has 0 bridgehead atoms. The van der Waals surface area contributed by atoms with Gasteiger partial charge < -0.3 is 10.6 Å². The van der Waals surface area contributed by atoms with Crippen LogP contribution in [0.2, 0.25) is 5.02 Å². The van der Waals surface area contributed by atoms with Crippen molar-refractivity contribution in [2.24, 2.45) is 0 Å². The maximum Gasteiger partial charge on any atom is 0.417 e. The van der Waals surface area contributed by atoms with Crippen LogP contribution in [0.5, 0.6) is 0 Å². The molecule has 6 nitrogen and oxygen atoms in total. The van der Waals surface area contributed by atoms with Gasteiger partial charge in [0.05, 0.1) is 23.2 Å². The maximum absolute atomic E-state index is 12.9. The lowest BCUT2D eigenvalue weighted by Gasteiger charge is -2.11. The SMILES string of the molecule is Cl.O=C(NCc1nnc2c(Cl)cc(C(F)(F)F)cn12)C1CCCN1. The highest BCUT2D eigenvalue weighted by atomic mass is 35.5. The van der Waals surface area contributed by atoms with Crippen molar-refractivity contribution >= 4 is 35.6 Å². The molecule has 0 radical (unpaired) electrons. The number of carbonyl (C=O) groups excluding carboxylic acids is 1. The first-order chi connectivity index (χ1) is 10.9. The molecule has 3 rings (SSSR count). The zero-order chi connectivity index (χ0) is 16.6. The third-order valence-electron chi connectivity index (χ3n) is 3.66. The van der Waals surface area contributed by atoms with Gasteiger partial charge in [0.15, 0.2) is 11.5 Å². The fraction of sp³-hybridized carbons (Fsp3) is 0.462. The number of rotatable bonds is 3. The summed E-state index contributed by atoms with van der Waals surface area (Å²) in [5.74, 6) is -0.0309. The summed E-state index contributed by atoms with van der Waals surface area (Å²) in [6.07, 6.45) is -2.01. The van der Waals surface area contributed by atoms with Gasteiger partial charge >= 0.3 is 6.18 Å². The molecule has 0 saturated carbocycles. The molecule has 2 aromatic heterocycles. The zero-order valence-corrected chi connectivity index (χ0v) is 13.8. The maximum atomic E-state index is 12.9. The van der Waals surface area contributed by atoms with Crippen LogP contribution in [-0.4, -0.2) is 33.1 Å². The topological polar surface area (TPSA) is 71.3 Å². The summed E-state index contributed by atoms with van der Waals surface area (Å²) in [6.45, 7) is 0.742. The van der Waals surface area contributed by atoms with Crippen molar-refractivity contribution in [1.29, 1.82) is 0 Å². The fourth-order valence-electron chi connectivity index (χ4n) is 2.47. The highest BCUT2D eigenvalue weighted by molar-refractivity contribution is 6.33. The zero-order valence-electron chi connectivity index (χ0n) is 12.2. The van der Waals surface area contributed by atoms with Crippen LogP contribution in [0.25, 0.3) is 5.65 Å². The Labute approximate surface area is 146 Å². The van der Waals surface area contributed by atoms with Crippen molar-refractivity contribution in [3.63, 3.8) is 0 Å². The molecule has 1 aliphatic rings. The molecule has 11 heteroatoms. The predicted molar refractivity (Wildman–Crippen MR) is 83.1 cm³/mol. The molecule has 1 amide bonds. The van der Waals surface area contributed by atoms with Gasteiger partial charge in [-0.3, -0.25) is 9.20 Å². The third kappa shape index (κ3) is 3.73. The largest absolute Gasteiger partial charge is 0.417 e. The van der Waals surface area contributed by atoms with Crippen LogP contribution in [0, 0.1) is 0 Å². The Hall–Kier alpha value is -1.58. The number of alkyl halides is 3. The van der Waals surface area contributed by atoms with Crippen molar-refractivity contribution < 1.29 is 18.0 Å². The molecule has 24 heavy (non-hydrogen) atoms. The van der Waals surface area contributed by atoms with Gasteiger partial charge in [-0.15, -0.1) is 22.6 Å². The molecule has 1 aliphatic heterocycles. The Kier molecular flexibility index (Phi) is 5.56. The monoisotopic (exact) mass is 383 g/mol. The number of hydrogen-bond acceptors (Lipinski definition) is 4. The minimum Gasteiger partial charge on any atom is -0.347 e. The van der Waals surface area contributed by atoms with Gasteiger partial charge in [-0.25, -0.2) is 0 Å². The van der Waals surface area contributed by atoms with Crippen LogP contribution >= 0.6 is 24.0 Å². The van der Waals surface area contributed by atoms with Crippen molar-refractivity contribution in [3.8, 4) is 0 Å². The van der Waals surface area contributed by atoms with Gasteiger partial charge in [0, 0.05) is 6.20 Å². The molecule has 1 fully saturated rings. The van der Waals surface area contributed by atoms with E-state index in [1.807, 2.05) is 0 Å². The lowest BCUT2D eigenvalue weighted by Crippen LogP contribution is -2.40. The molecular formula is C13H14Cl2F3N5O. The highest BCUT2D eigenvalue weighted by Crippen LogP contribution is 2.32. The van der Waals surface area contributed by atoms with E-state index in [1.165, 1.54) is 0 Å². The van der Waals surface area contributed by atoms with Gasteiger partial charge in [-0.05, 0) is 25.5 Å². The van der Waals surface area contributed by atoms with Crippen molar-refractivity contribution in [1.82, 2.24) is 25.2 Å². The van der Waals surface area contributed by atoms with E-state index in [9.17, 15) is 18.0 Å². The first-order valence-electron chi connectivity index (χ1n) is 6.97. The standard InChI is InChI=1S/C13H13ClF3N5O.ClH/c14-8-4-7(13(15,16)17)6-22-10(20-21-11(8)22)5-19-12(23)9-2-1-3-18-9;/h4,6,9,18H,1-3,5H2,(H,19,23);1H. The number of fused-ring (bicyclic) bond motifs is 1. The first kappa shape index (κ1) is 18.8. The Morgan fingerprint density at radius 3 is 2.83 bits per heavy atom. The van der Waals surface area contributed by atoms with E-state index in [1.54, 1.807) is 0 Å². The van der Waals surface area contributed by atoms with Gasteiger partial charge in [-0.1, -0.05) is 11.6 Å². The normalized spacial score (nSPS) is 17.8. The Morgan fingerprint density at radius 1 is 1.46 bits per heavy atom. The number of carbonyl (C=O) groups is 1. The number of nitrogens with zero attached hydrogens (tertiary/aromatic N) is 3. The number of nitrogens with one attached hydrogen (secondary N) is 2. The summed E-state index contributed by atoms with van der Waals surface area (Å²) >= 11 is 5.83. The molecule has 0 aliphatic carbocycles. The van der Waals surface area contributed by atoms with E-state index >= 15 is 0 Å². The quantitative estimate of drug-likeness (QED) is 0.851. The predicted octanol–water partition coefficient (Wildman–Crippen LogP) is 2.19. The lowest BCUT2D eigenvalue weighted by atomic mass is 10.2. The minimum atomic E-state index is -4.53. The van der Waals surface area contributed by atoms with E-state index in [0.717, 1.165) is 36.1 Å². The van der Waals surface area contributed by atoms with Crippen molar-refractivity contribution in [2.75, 3.05) is 6.54 Å². The summed E-state index contributed by atoms with van der Waals surface area (Å²) in [5, 5.41) is 13.1. The second-order valence-electron chi connectivity index (χ2n) is 5.25. The van der Waals surface area contributed by atoms with Gasteiger partial charge in [0.2, 0.25) is 5.91 Å². The van der Waals surface area contributed by atoms with Crippen LogP contribution in [0.4, 0.5) is 13.2 Å². The lowest BCUT2D eigenvalue weighted by molar-refractivity contribution is -0.137. The number of halogens is 5. The van der Waals surface area contributed by atoms with E-state index in [-0.39, 0.29) is 47.4 Å². The van der Waals surface area contributed by atoms with Crippen LogP contribution < -0.4 is 10.6 Å². The van der Waals surface area contributed by atoms with Gasteiger partial charge in [0.25, 0.3) is 0 Å². The van der Waals surface area contributed by atoms with Crippen LogP contribution in [0.3, 0.4) is 0 Å². The summed E-state index contributed by atoms with van der Waals surface area (Å²) in [4.78, 5) is 11.9. The second kappa shape index (κ2) is 7.12. The molecule has 1 saturated heterocycles.